The van der Waals surface area contributed by atoms with Crippen molar-refractivity contribution in [3.8, 4) is 5.75 Å². The summed E-state index contributed by atoms with van der Waals surface area (Å²) in [5.74, 6) is -0.689. The van der Waals surface area contributed by atoms with E-state index in [2.05, 4.69) is 4.98 Å². The molecule has 7 nitrogen and oxygen atoms in total. The van der Waals surface area contributed by atoms with Crippen LogP contribution >= 0.6 is 0 Å². The lowest BCUT2D eigenvalue weighted by Gasteiger charge is -2.42. The van der Waals surface area contributed by atoms with Crippen LogP contribution < -0.4 is 10.5 Å². The largest absolute Gasteiger partial charge is 0.490 e. The summed E-state index contributed by atoms with van der Waals surface area (Å²) < 4.78 is 24.6. The van der Waals surface area contributed by atoms with Crippen LogP contribution in [-0.4, -0.2) is 53.6 Å². The molecule has 1 saturated heterocycles. The minimum atomic E-state index is -1.07. The molecule has 2 aromatic rings. The summed E-state index contributed by atoms with van der Waals surface area (Å²) in [4.78, 5) is 29.8. The molecule has 0 radical (unpaired) electrons. The van der Waals surface area contributed by atoms with Crippen molar-refractivity contribution in [3.05, 3.63) is 60.2 Å². The van der Waals surface area contributed by atoms with Gasteiger partial charge >= 0.3 is 0 Å². The molecular weight excluding hydrogens is 353 g/mol. The topological polar surface area (TPSA) is 94.8 Å². The first-order valence-electron chi connectivity index (χ1n) is 8.47. The van der Waals surface area contributed by atoms with E-state index >= 15 is 0 Å². The zero-order valence-corrected chi connectivity index (χ0v) is 14.6. The molecule has 0 unspecified atom stereocenters. The summed E-state index contributed by atoms with van der Waals surface area (Å²) >= 11 is 0. The number of hydrogen-bond acceptors (Lipinski definition) is 5. The van der Waals surface area contributed by atoms with Gasteiger partial charge in [0.05, 0.1) is 19.6 Å². The number of nitrogens with two attached hydrogens (primary N) is 1. The molecule has 0 spiro atoms. The zero-order chi connectivity index (χ0) is 19.3. The van der Waals surface area contributed by atoms with Crippen molar-refractivity contribution < 1.29 is 23.5 Å². The normalized spacial score (nSPS) is 19.5. The number of nitrogens with zero attached hydrogens (tertiary/aromatic N) is 2. The fraction of sp³-hybridized carbons (Fsp3) is 0.316. The number of pyridine rings is 1. The van der Waals surface area contributed by atoms with Crippen LogP contribution in [0.1, 0.15) is 16.8 Å². The third-order valence-electron chi connectivity index (χ3n) is 4.27. The van der Waals surface area contributed by atoms with Gasteiger partial charge in [-0.3, -0.25) is 14.6 Å². The first-order chi connectivity index (χ1) is 13.0. The molecule has 2 amide bonds. The summed E-state index contributed by atoms with van der Waals surface area (Å²) in [6.07, 6.45) is 2.98. The van der Waals surface area contributed by atoms with Crippen molar-refractivity contribution in [2.24, 2.45) is 5.73 Å². The van der Waals surface area contributed by atoms with Crippen LogP contribution in [-0.2, 0) is 9.53 Å². The van der Waals surface area contributed by atoms with E-state index in [0.717, 1.165) is 0 Å². The Hall–Kier alpha value is -3.00. The molecule has 1 aromatic carbocycles. The molecule has 0 aliphatic carbocycles. The van der Waals surface area contributed by atoms with E-state index in [9.17, 15) is 14.0 Å². The number of aromatic nitrogens is 1. The maximum Gasteiger partial charge on any atom is 0.254 e. The van der Waals surface area contributed by atoms with E-state index in [-0.39, 0.29) is 37.9 Å². The lowest BCUT2D eigenvalue weighted by atomic mass is 9.97. The van der Waals surface area contributed by atoms with Crippen LogP contribution in [0.4, 0.5) is 4.39 Å². The van der Waals surface area contributed by atoms with Gasteiger partial charge in [0.25, 0.3) is 5.91 Å². The smallest absolute Gasteiger partial charge is 0.254 e. The van der Waals surface area contributed by atoms with Crippen molar-refractivity contribution in [3.63, 3.8) is 0 Å². The minimum absolute atomic E-state index is 0.00168. The van der Waals surface area contributed by atoms with E-state index < -0.39 is 11.5 Å². The van der Waals surface area contributed by atoms with Crippen molar-refractivity contribution in [1.82, 2.24) is 9.88 Å². The molecule has 27 heavy (non-hydrogen) atoms. The Kier molecular flexibility index (Phi) is 5.66. The maximum absolute atomic E-state index is 13.0. The molecule has 142 valence electrons. The summed E-state index contributed by atoms with van der Waals surface area (Å²) in [5.41, 5.74) is 4.83. The summed E-state index contributed by atoms with van der Waals surface area (Å²) in [7, 11) is 0. The van der Waals surface area contributed by atoms with Gasteiger partial charge < -0.3 is 20.1 Å². The average molecular weight is 373 g/mol. The predicted molar refractivity (Wildman–Crippen MR) is 94.5 cm³/mol. The van der Waals surface area contributed by atoms with E-state index in [4.69, 9.17) is 15.2 Å². The van der Waals surface area contributed by atoms with Gasteiger partial charge in [0.15, 0.2) is 0 Å². The van der Waals surface area contributed by atoms with Gasteiger partial charge in [-0.25, -0.2) is 4.39 Å². The average Bonchev–Trinajstić information content (AvgIpc) is 2.67. The third-order valence-corrected chi connectivity index (χ3v) is 4.27. The Morgan fingerprint density at radius 3 is 2.59 bits per heavy atom. The van der Waals surface area contributed by atoms with Gasteiger partial charge in [-0.15, -0.1) is 0 Å². The van der Waals surface area contributed by atoms with E-state index in [1.54, 1.807) is 29.4 Å². The van der Waals surface area contributed by atoms with Gasteiger partial charge in [0, 0.05) is 24.5 Å². The Morgan fingerprint density at radius 2 is 1.93 bits per heavy atom. The number of hydrogen-bond donors (Lipinski definition) is 1. The summed E-state index contributed by atoms with van der Waals surface area (Å²) in [5, 5.41) is 0. The van der Waals surface area contributed by atoms with Gasteiger partial charge in [0.2, 0.25) is 5.91 Å². The fourth-order valence-electron chi connectivity index (χ4n) is 3.00. The molecule has 3 rings (SSSR count). The standard InChI is InChI=1S/C19H20FN3O4/c20-15-1-3-16(4-2-15)26-13-19(11-17(21)24)12-23(9-10-27-19)18(25)14-5-7-22-8-6-14/h1-8H,9-13H2,(H2,21,24)/t19-/m1/s1. The lowest BCUT2D eigenvalue weighted by Crippen LogP contribution is -2.58. The number of ether oxygens (including phenoxy) is 2. The van der Waals surface area contributed by atoms with Crippen LogP contribution in [0, 0.1) is 5.82 Å². The quantitative estimate of drug-likeness (QED) is 0.826. The van der Waals surface area contributed by atoms with Crippen molar-refractivity contribution in [2.45, 2.75) is 12.0 Å². The van der Waals surface area contributed by atoms with Gasteiger partial charge in [0.1, 0.15) is 23.8 Å². The summed E-state index contributed by atoms with van der Waals surface area (Å²) in [6, 6.07) is 8.77. The maximum atomic E-state index is 13.0. The molecule has 1 aromatic heterocycles. The number of amides is 2. The van der Waals surface area contributed by atoms with Gasteiger partial charge in [-0.1, -0.05) is 0 Å². The second-order valence-electron chi connectivity index (χ2n) is 6.38. The van der Waals surface area contributed by atoms with Crippen LogP contribution in [0.15, 0.2) is 48.8 Å². The second-order valence-corrected chi connectivity index (χ2v) is 6.38. The van der Waals surface area contributed by atoms with Crippen LogP contribution in [0.25, 0.3) is 0 Å². The lowest BCUT2D eigenvalue weighted by molar-refractivity contribution is -0.142. The molecule has 0 bridgehead atoms. The van der Waals surface area contributed by atoms with E-state index in [1.165, 1.54) is 24.3 Å². The fourth-order valence-corrected chi connectivity index (χ4v) is 3.00. The first-order valence-corrected chi connectivity index (χ1v) is 8.47. The van der Waals surface area contributed by atoms with Crippen LogP contribution in [0.3, 0.4) is 0 Å². The highest BCUT2D eigenvalue weighted by molar-refractivity contribution is 5.94. The number of benzene rings is 1. The molecule has 1 aliphatic rings. The Balaban J connectivity index is 1.75. The highest BCUT2D eigenvalue weighted by Gasteiger charge is 2.41. The molecular formula is C19H20FN3O4. The van der Waals surface area contributed by atoms with Gasteiger partial charge in [-0.05, 0) is 36.4 Å². The molecule has 1 atom stereocenters. The number of halogens is 1. The van der Waals surface area contributed by atoms with Crippen molar-refractivity contribution in [2.75, 3.05) is 26.3 Å². The number of primary amides is 1. The minimum Gasteiger partial charge on any atom is -0.490 e. The van der Waals surface area contributed by atoms with Crippen molar-refractivity contribution in [1.29, 1.82) is 0 Å². The number of morpholine rings is 1. The molecule has 0 saturated carbocycles. The number of carbonyl (C=O) groups is 2. The SMILES string of the molecule is NC(=O)C[C@]1(COc2ccc(F)cc2)CN(C(=O)c2ccncc2)CCO1. The van der Waals surface area contributed by atoms with Crippen LogP contribution in [0.2, 0.25) is 0 Å². The summed E-state index contributed by atoms with van der Waals surface area (Å²) in [6.45, 7) is 0.787. The Morgan fingerprint density at radius 1 is 1.22 bits per heavy atom. The molecule has 1 fully saturated rings. The van der Waals surface area contributed by atoms with E-state index in [1.807, 2.05) is 0 Å². The number of rotatable bonds is 6. The van der Waals surface area contributed by atoms with Gasteiger partial charge in [-0.2, -0.15) is 0 Å². The second kappa shape index (κ2) is 8.13. The highest BCUT2D eigenvalue weighted by atomic mass is 19.1. The predicted octanol–water partition coefficient (Wildman–Crippen LogP) is 1.39. The Bertz CT molecular complexity index is 800. The van der Waals surface area contributed by atoms with E-state index in [0.29, 0.717) is 17.9 Å². The number of carbonyl (C=O) groups excluding carboxylic acids is 2. The van der Waals surface area contributed by atoms with Crippen molar-refractivity contribution >= 4 is 11.8 Å². The molecule has 1 aliphatic heterocycles. The third kappa shape index (κ3) is 4.79. The molecule has 2 heterocycles. The highest BCUT2D eigenvalue weighted by Crippen LogP contribution is 2.25. The zero-order valence-electron chi connectivity index (χ0n) is 14.6. The molecule has 2 N–H and O–H groups in total. The first kappa shape index (κ1) is 18.8. The monoisotopic (exact) mass is 373 g/mol. The Labute approximate surface area is 155 Å². The molecule has 8 heteroatoms. The van der Waals surface area contributed by atoms with Crippen LogP contribution in [0.5, 0.6) is 5.75 Å².